The molecule has 0 atom stereocenters. The van der Waals surface area contributed by atoms with Gasteiger partial charge < -0.3 is 21.1 Å². The van der Waals surface area contributed by atoms with Crippen molar-refractivity contribution in [3.8, 4) is 0 Å². The van der Waals surface area contributed by atoms with E-state index in [9.17, 15) is 9.59 Å². The lowest BCUT2D eigenvalue weighted by Gasteiger charge is -2.35. The third kappa shape index (κ3) is 3.67. The van der Waals surface area contributed by atoms with Crippen LogP contribution in [0, 0.1) is 10.8 Å². The zero-order chi connectivity index (χ0) is 14.5. The largest absolute Gasteiger partial charge is 0.381 e. The third-order valence-corrected chi connectivity index (χ3v) is 3.85. The van der Waals surface area contributed by atoms with Gasteiger partial charge in [-0.3, -0.25) is 9.59 Å². The van der Waals surface area contributed by atoms with Crippen molar-refractivity contribution in [1.29, 1.82) is 0 Å². The third-order valence-electron chi connectivity index (χ3n) is 3.85. The first-order valence-electron chi connectivity index (χ1n) is 6.66. The monoisotopic (exact) mass is 271 g/mol. The van der Waals surface area contributed by atoms with Gasteiger partial charge in [-0.1, -0.05) is 0 Å². The van der Waals surface area contributed by atoms with Crippen molar-refractivity contribution in [3.05, 3.63) is 0 Å². The quantitative estimate of drug-likeness (QED) is 0.636. The van der Waals surface area contributed by atoms with E-state index in [2.05, 4.69) is 10.6 Å². The number of hydrogen-bond donors (Lipinski definition) is 3. The van der Waals surface area contributed by atoms with Gasteiger partial charge in [0.25, 0.3) is 0 Å². The minimum absolute atomic E-state index is 0.0738. The summed E-state index contributed by atoms with van der Waals surface area (Å²) < 4.78 is 5.28. The van der Waals surface area contributed by atoms with Gasteiger partial charge >= 0.3 is 0 Å². The molecular formula is C13H25N3O3. The lowest BCUT2D eigenvalue weighted by atomic mass is 9.79. The van der Waals surface area contributed by atoms with Gasteiger partial charge in [-0.15, -0.1) is 0 Å². The molecule has 0 spiro atoms. The van der Waals surface area contributed by atoms with Crippen molar-refractivity contribution in [1.82, 2.24) is 10.6 Å². The Balaban J connectivity index is 2.61. The number of ether oxygens (including phenoxy) is 1. The smallest absolute Gasteiger partial charge is 0.227 e. The van der Waals surface area contributed by atoms with Crippen LogP contribution in [0.2, 0.25) is 0 Å². The molecule has 0 aromatic carbocycles. The molecule has 0 aliphatic carbocycles. The molecule has 110 valence electrons. The minimum atomic E-state index is -0.634. The number of hydrogen-bond acceptors (Lipinski definition) is 4. The van der Waals surface area contributed by atoms with Gasteiger partial charge in [0.1, 0.15) is 0 Å². The molecule has 2 amide bonds. The maximum Gasteiger partial charge on any atom is 0.227 e. The van der Waals surface area contributed by atoms with Crippen LogP contribution in [-0.2, 0) is 14.3 Å². The van der Waals surface area contributed by atoms with Crippen LogP contribution in [0.4, 0.5) is 0 Å². The molecular weight excluding hydrogens is 246 g/mol. The molecule has 1 rings (SSSR count). The second-order valence-corrected chi connectivity index (χ2v) is 5.74. The Morgan fingerprint density at radius 3 is 2.37 bits per heavy atom. The number of carbonyl (C=O) groups is 2. The van der Waals surface area contributed by atoms with Crippen molar-refractivity contribution >= 4 is 11.8 Å². The van der Waals surface area contributed by atoms with Gasteiger partial charge in [-0.05, 0) is 26.7 Å². The van der Waals surface area contributed by atoms with E-state index in [0.717, 1.165) is 0 Å². The summed E-state index contributed by atoms with van der Waals surface area (Å²) in [5.74, 6) is -0.170. The zero-order valence-electron chi connectivity index (χ0n) is 12.0. The maximum atomic E-state index is 12.3. The number of nitrogens with one attached hydrogen (secondary N) is 2. The SMILES string of the molecule is CNC(=O)C(C)(C)CNC(=O)C1(CN)CCOCC1. The summed E-state index contributed by atoms with van der Waals surface area (Å²) in [5.41, 5.74) is 4.59. The van der Waals surface area contributed by atoms with Crippen molar-refractivity contribution in [2.24, 2.45) is 16.6 Å². The molecule has 1 saturated heterocycles. The Bertz CT molecular complexity index is 336. The summed E-state index contributed by atoms with van der Waals surface area (Å²) in [6, 6.07) is 0. The van der Waals surface area contributed by atoms with Crippen molar-refractivity contribution in [3.63, 3.8) is 0 Å². The summed E-state index contributed by atoms with van der Waals surface area (Å²) >= 11 is 0. The van der Waals surface area contributed by atoms with E-state index >= 15 is 0 Å². The first-order valence-corrected chi connectivity index (χ1v) is 6.66. The minimum Gasteiger partial charge on any atom is -0.381 e. The van der Waals surface area contributed by atoms with Crippen LogP contribution in [0.25, 0.3) is 0 Å². The highest BCUT2D eigenvalue weighted by molar-refractivity contribution is 5.85. The van der Waals surface area contributed by atoms with Crippen LogP contribution in [0.15, 0.2) is 0 Å². The van der Waals surface area contributed by atoms with E-state index in [1.165, 1.54) is 0 Å². The van der Waals surface area contributed by atoms with Crippen LogP contribution in [-0.4, -0.2) is 45.2 Å². The molecule has 0 aromatic rings. The highest BCUT2D eigenvalue weighted by atomic mass is 16.5. The summed E-state index contributed by atoms with van der Waals surface area (Å²) in [6.45, 7) is 5.32. The summed E-state index contributed by atoms with van der Waals surface area (Å²) in [6.07, 6.45) is 1.27. The van der Waals surface area contributed by atoms with Crippen LogP contribution >= 0.6 is 0 Å². The topological polar surface area (TPSA) is 93.5 Å². The van der Waals surface area contributed by atoms with Gasteiger partial charge in [0.2, 0.25) is 11.8 Å². The standard InChI is InChI=1S/C13H25N3O3/c1-12(2,10(17)15-3)9-16-11(18)13(8-14)4-6-19-7-5-13/h4-9,14H2,1-3H3,(H,15,17)(H,16,18). The fourth-order valence-electron chi connectivity index (χ4n) is 2.19. The van der Waals surface area contributed by atoms with E-state index in [1.807, 2.05) is 0 Å². The Labute approximate surface area is 114 Å². The summed E-state index contributed by atoms with van der Waals surface area (Å²) in [5, 5.41) is 5.46. The Kier molecular flexibility index (Phi) is 5.31. The van der Waals surface area contributed by atoms with E-state index in [4.69, 9.17) is 10.5 Å². The molecule has 4 N–H and O–H groups in total. The molecule has 0 aromatic heterocycles. The lowest BCUT2D eigenvalue weighted by molar-refractivity contribution is -0.137. The average Bonchev–Trinajstić information content (AvgIpc) is 2.44. The molecule has 1 fully saturated rings. The number of nitrogens with two attached hydrogens (primary N) is 1. The highest BCUT2D eigenvalue weighted by Gasteiger charge is 2.39. The first kappa shape index (κ1) is 15.9. The molecule has 6 heteroatoms. The van der Waals surface area contributed by atoms with Gasteiger partial charge in [-0.25, -0.2) is 0 Å². The van der Waals surface area contributed by atoms with E-state index in [1.54, 1.807) is 20.9 Å². The fourth-order valence-corrected chi connectivity index (χ4v) is 2.19. The Morgan fingerprint density at radius 2 is 1.89 bits per heavy atom. The van der Waals surface area contributed by atoms with E-state index in [0.29, 0.717) is 39.1 Å². The average molecular weight is 271 g/mol. The van der Waals surface area contributed by atoms with Gasteiger partial charge in [-0.2, -0.15) is 0 Å². The molecule has 0 bridgehead atoms. The molecule has 6 nitrogen and oxygen atoms in total. The van der Waals surface area contributed by atoms with Crippen molar-refractivity contribution < 1.29 is 14.3 Å². The molecule has 1 aliphatic rings. The second-order valence-electron chi connectivity index (χ2n) is 5.74. The molecule has 1 aliphatic heterocycles. The first-order chi connectivity index (χ1) is 8.88. The van der Waals surface area contributed by atoms with Gasteiger partial charge in [0, 0.05) is 33.4 Å². The van der Waals surface area contributed by atoms with E-state index < -0.39 is 10.8 Å². The Morgan fingerprint density at radius 1 is 1.32 bits per heavy atom. The normalized spacial score (nSPS) is 18.7. The van der Waals surface area contributed by atoms with Gasteiger partial charge in [0.05, 0.1) is 10.8 Å². The van der Waals surface area contributed by atoms with Crippen LogP contribution in [0.5, 0.6) is 0 Å². The molecule has 0 saturated carbocycles. The van der Waals surface area contributed by atoms with Crippen LogP contribution < -0.4 is 16.4 Å². The second kappa shape index (κ2) is 6.34. The zero-order valence-corrected chi connectivity index (χ0v) is 12.0. The van der Waals surface area contributed by atoms with Crippen molar-refractivity contribution in [2.45, 2.75) is 26.7 Å². The predicted molar refractivity (Wildman–Crippen MR) is 72.4 cm³/mol. The van der Waals surface area contributed by atoms with Crippen LogP contribution in [0.3, 0.4) is 0 Å². The van der Waals surface area contributed by atoms with E-state index in [-0.39, 0.29) is 11.8 Å². The van der Waals surface area contributed by atoms with Gasteiger partial charge in [0.15, 0.2) is 0 Å². The highest BCUT2D eigenvalue weighted by Crippen LogP contribution is 2.29. The molecule has 19 heavy (non-hydrogen) atoms. The summed E-state index contributed by atoms with van der Waals surface area (Å²) in [4.78, 5) is 24.0. The predicted octanol–water partition coefficient (Wildman–Crippen LogP) is -0.370. The Hall–Kier alpha value is -1.14. The fraction of sp³-hybridized carbons (Fsp3) is 0.846. The van der Waals surface area contributed by atoms with Crippen LogP contribution in [0.1, 0.15) is 26.7 Å². The number of amides is 2. The molecule has 0 unspecified atom stereocenters. The molecule has 0 radical (unpaired) electrons. The number of rotatable bonds is 5. The molecule has 1 heterocycles. The maximum absolute atomic E-state index is 12.3. The lowest BCUT2D eigenvalue weighted by Crippen LogP contribution is -2.52. The number of carbonyl (C=O) groups excluding carboxylic acids is 2. The van der Waals surface area contributed by atoms with Crippen molar-refractivity contribution in [2.75, 3.05) is 33.4 Å². The summed E-state index contributed by atoms with van der Waals surface area (Å²) in [7, 11) is 1.59.